The van der Waals surface area contributed by atoms with Gasteiger partial charge in [-0.2, -0.15) is 0 Å². The Morgan fingerprint density at radius 3 is 2.81 bits per heavy atom. The Kier molecular flexibility index (Phi) is 6.09. The van der Waals surface area contributed by atoms with Crippen molar-refractivity contribution in [1.29, 1.82) is 0 Å². The summed E-state index contributed by atoms with van der Waals surface area (Å²) in [5.41, 5.74) is 0. The molecule has 1 aromatic heterocycles. The van der Waals surface area contributed by atoms with Crippen LogP contribution >= 0.6 is 15.9 Å². The smallest absolute Gasteiger partial charge is 0.169 e. The summed E-state index contributed by atoms with van der Waals surface area (Å²) < 4.78 is 6.19. The summed E-state index contributed by atoms with van der Waals surface area (Å²) >= 11 is 3.29. The van der Waals surface area contributed by atoms with Crippen molar-refractivity contribution in [3.8, 4) is 0 Å². The van der Waals surface area contributed by atoms with Gasteiger partial charge in [0.05, 0.1) is 6.54 Å². The SMILES string of the molecule is CCC(C)N(C)CCNCc1ccc(Br)o1. The van der Waals surface area contributed by atoms with Gasteiger partial charge in [0.2, 0.25) is 0 Å². The van der Waals surface area contributed by atoms with Gasteiger partial charge >= 0.3 is 0 Å². The molecule has 0 saturated carbocycles. The molecule has 0 spiro atoms. The number of hydrogen-bond donors (Lipinski definition) is 1. The summed E-state index contributed by atoms with van der Waals surface area (Å²) in [4.78, 5) is 2.37. The summed E-state index contributed by atoms with van der Waals surface area (Å²) in [6, 6.07) is 4.55. The van der Waals surface area contributed by atoms with E-state index in [9.17, 15) is 0 Å². The van der Waals surface area contributed by atoms with Crippen LogP contribution in [-0.4, -0.2) is 31.1 Å². The Hall–Kier alpha value is -0.320. The number of hydrogen-bond acceptors (Lipinski definition) is 3. The average molecular weight is 289 g/mol. The predicted octanol–water partition coefficient (Wildman–Crippen LogP) is 2.86. The fourth-order valence-electron chi connectivity index (χ4n) is 1.45. The van der Waals surface area contributed by atoms with E-state index in [2.05, 4.69) is 47.0 Å². The van der Waals surface area contributed by atoms with E-state index in [1.165, 1.54) is 6.42 Å². The van der Waals surface area contributed by atoms with Crippen LogP contribution < -0.4 is 5.32 Å². The van der Waals surface area contributed by atoms with E-state index in [1.807, 2.05) is 12.1 Å². The van der Waals surface area contributed by atoms with E-state index >= 15 is 0 Å². The molecule has 0 aromatic carbocycles. The molecule has 1 heterocycles. The van der Waals surface area contributed by atoms with Gasteiger partial charge in [-0.05, 0) is 48.5 Å². The van der Waals surface area contributed by atoms with Gasteiger partial charge in [-0.3, -0.25) is 0 Å². The van der Waals surface area contributed by atoms with Crippen LogP contribution in [0.5, 0.6) is 0 Å². The lowest BCUT2D eigenvalue weighted by Gasteiger charge is -2.23. The number of nitrogens with zero attached hydrogens (tertiary/aromatic N) is 1. The molecular weight excluding hydrogens is 268 g/mol. The van der Waals surface area contributed by atoms with E-state index in [-0.39, 0.29) is 0 Å². The van der Waals surface area contributed by atoms with Gasteiger partial charge in [-0.1, -0.05) is 6.92 Å². The number of rotatable bonds is 7. The largest absolute Gasteiger partial charge is 0.453 e. The molecule has 0 aliphatic rings. The molecule has 1 atom stereocenters. The minimum Gasteiger partial charge on any atom is -0.453 e. The first kappa shape index (κ1) is 13.7. The molecule has 92 valence electrons. The first-order valence-electron chi connectivity index (χ1n) is 5.78. The molecule has 0 fully saturated rings. The van der Waals surface area contributed by atoms with Gasteiger partial charge in [0.1, 0.15) is 5.76 Å². The first-order valence-corrected chi connectivity index (χ1v) is 6.58. The maximum Gasteiger partial charge on any atom is 0.169 e. The molecule has 0 aliphatic carbocycles. The van der Waals surface area contributed by atoms with E-state index in [0.29, 0.717) is 6.04 Å². The first-order chi connectivity index (χ1) is 7.63. The van der Waals surface area contributed by atoms with Gasteiger partial charge in [0, 0.05) is 19.1 Å². The second-order valence-corrected chi connectivity index (χ2v) is 4.90. The molecule has 0 bridgehead atoms. The highest BCUT2D eigenvalue weighted by Crippen LogP contribution is 2.13. The van der Waals surface area contributed by atoms with Gasteiger partial charge < -0.3 is 14.6 Å². The maximum atomic E-state index is 5.40. The van der Waals surface area contributed by atoms with Crippen LogP contribution in [0.2, 0.25) is 0 Å². The van der Waals surface area contributed by atoms with Crippen LogP contribution in [0.3, 0.4) is 0 Å². The Bertz CT molecular complexity index is 301. The van der Waals surface area contributed by atoms with E-state index in [1.54, 1.807) is 0 Å². The topological polar surface area (TPSA) is 28.4 Å². The van der Waals surface area contributed by atoms with E-state index in [4.69, 9.17) is 4.42 Å². The average Bonchev–Trinajstić information content (AvgIpc) is 2.69. The molecule has 0 saturated heterocycles. The third-order valence-corrected chi connectivity index (χ3v) is 3.34. The molecule has 3 nitrogen and oxygen atoms in total. The Morgan fingerprint density at radius 2 is 2.25 bits per heavy atom. The number of nitrogens with one attached hydrogen (secondary N) is 1. The summed E-state index contributed by atoms with van der Waals surface area (Å²) in [5.74, 6) is 0.970. The molecule has 0 aliphatic heterocycles. The molecular formula is C12H21BrN2O. The highest BCUT2D eigenvalue weighted by Gasteiger charge is 2.05. The standard InChI is InChI=1S/C12H21BrN2O/c1-4-10(2)15(3)8-7-14-9-11-5-6-12(13)16-11/h5-6,10,14H,4,7-9H2,1-3H3. The summed E-state index contributed by atoms with van der Waals surface area (Å²) in [5, 5.41) is 3.37. The Labute approximate surface area is 106 Å². The molecule has 1 unspecified atom stereocenters. The molecule has 1 N–H and O–H groups in total. The van der Waals surface area contributed by atoms with Crippen molar-refractivity contribution in [3.63, 3.8) is 0 Å². The van der Waals surface area contributed by atoms with Crippen molar-refractivity contribution in [3.05, 3.63) is 22.6 Å². The van der Waals surface area contributed by atoms with Crippen molar-refractivity contribution in [1.82, 2.24) is 10.2 Å². The normalized spacial score (nSPS) is 13.3. The quantitative estimate of drug-likeness (QED) is 0.782. The second-order valence-electron chi connectivity index (χ2n) is 4.12. The van der Waals surface area contributed by atoms with Crippen molar-refractivity contribution in [2.45, 2.75) is 32.9 Å². The van der Waals surface area contributed by atoms with Crippen molar-refractivity contribution in [2.24, 2.45) is 0 Å². The van der Waals surface area contributed by atoms with Gasteiger partial charge in [0.15, 0.2) is 4.67 Å². The number of likely N-dealkylation sites (N-methyl/N-ethyl adjacent to an activating group) is 1. The molecule has 1 aromatic rings. The van der Waals surface area contributed by atoms with Crippen molar-refractivity contribution >= 4 is 15.9 Å². The molecule has 4 heteroatoms. The predicted molar refractivity (Wildman–Crippen MR) is 70.5 cm³/mol. The van der Waals surface area contributed by atoms with Crippen LogP contribution in [0, 0.1) is 0 Å². The van der Waals surface area contributed by atoms with Crippen LogP contribution in [-0.2, 0) is 6.54 Å². The molecule has 1 rings (SSSR count). The van der Waals surface area contributed by atoms with Gasteiger partial charge in [-0.25, -0.2) is 0 Å². The number of halogens is 1. The van der Waals surface area contributed by atoms with E-state index < -0.39 is 0 Å². The van der Waals surface area contributed by atoms with Crippen molar-refractivity contribution < 1.29 is 4.42 Å². The maximum absolute atomic E-state index is 5.40. The highest BCUT2D eigenvalue weighted by atomic mass is 79.9. The van der Waals surface area contributed by atoms with E-state index in [0.717, 1.165) is 30.1 Å². The Morgan fingerprint density at radius 1 is 1.50 bits per heavy atom. The van der Waals surface area contributed by atoms with Crippen molar-refractivity contribution in [2.75, 3.05) is 20.1 Å². The molecule has 0 radical (unpaired) electrons. The van der Waals surface area contributed by atoms with Crippen LogP contribution in [0.15, 0.2) is 21.2 Å². The fourth-order valence-corrected chi connectivity index (χ4v) is 1.79. The van der Waals surface area contributed by atoms with Gasteiger partial charge in [-0.15, -0.1) is 0 Å². The highest BCUT2D eigenvalue weighted by molar-refractivity contribution is 9.10. The minimum atomic E-state index is 0.652. The molecule has 0 amide bonds. The summed E-state index contributed by atoms with van der Waals surface area (Å²) in [6.45, 7) is 7.31. The fraction of sp³-hybridized carbons (Fsp3) is 0.667. The zero-order valence-electron chi connectivity index (χ0n) is 10.3. The lowest BCUT2D eigenvalue weighted by molar-refractivity contribution is 0.250. The third-order valence-electron chi connectivity index (χ3n) is 2.91. The second kappa shape index (κ2) is 7.09. The number of furan rings is 1. The minimum absolute atomic E-state index is 0.652. The van der Waals surface area contributed by atoms with Crippen LogP contribution in [0.25, 0.3) is 0 Å². The zero-order valence-corrected chi connectivity index (χ0v) is 11.9. The van der Waals surface area contributed by atoms with Crippen LogP contribution in [0.4, 0.5) is 0 Å². The monoisotopic (exact) mass is 288 g/mol. The zero-order chi connectivity index (χ0) is 12.0. The Balaban J connectivity index is 2.12. The summed E-state index contributed by atoms with van der Waals surface area (Å²) in [6.07, 6.45) is 1.20. The van der Waals surface area contributed by atoms with Gasteiger partial charge in [0.25, 0.3) is 0 Å². The third kappa shape index (κ3) is 4.68. The summed E-state index contributed by atoms with van der Waals surface area (Å²) in [7, 11) is 2.17. The molecule has 16 heavy (non-hydrogen) atoms. The lowest BCUT2D eigenvalue weighted by atomic mass is 10.2. The lowest BCUT2D eigenvalue weighted by Crippen LogP contribution is -2.34. The van der Waals surface area contributed by atoms with Crippen LogP contribution in [0.1, 0.15) is 26.0 Å².